The first-order valence-electron chi connectivity index (χ1n) is 9.44. The van der Waals surface area contributed by atoms with E-state index in [2.05, 4.69) is 10.1 Å². The molecule has 174 valence electrons. The highest BCUT2D eigenvalue weighted by atomic mass is 32.1. The molecule has 1 aromatic heterocycles. The molecule has 0 bridgehead atoms. The molecule has 1 heterocycles. The van der Waals surface area contributed by atoms with Crippen LogP contribution in [-0.4, -0.2) is 35.1 Å². The summed E-state index contributed by atoms with van der Waals surface area (Å²) in [4.78, 5) is 22.9. The van der Waals surface area contributed by atoms with Crippen molar-refractivity contribution in [1.29, 1.82) is 0 Å². The predicted octanol–water partition coefficient (Wildman–Crippen LogP) is 5.40. The van der Waals surface area contributed by atoms with Crippen LogP contribution in [0.15, 0.2) is 48.5 Å². The molecule has 0 amide bonds. The number of thiophene rings is 1. The lowest BCUT2D eigenvalue weighted by Crippen LogP contribution is -2.17. The second-order valence-electron chi connectivity index (χ2n) is 6.83. The third-order valence-corrected chi connectivity index (χ3v) is 5.69. The van der Waals surface area contributed by atoms with Crippen molar-refractivity contribution in [1.82, 2.24) is 0 Å². The first-order valence-corrected chi connectivity index (χ1v) is 10.3. The van der Waals surface area contributed by atoms with Crippen LogP contribution in [0.1, 0.15) is 20.8 Å². The van der Waals surface area contributed by atoms with Crippen LogP contribution in [0.2, 0.25) is 0 Å². The van der Waals surface area contributed by atoms with Gasteiger partial charge in [-0.1, -0.05) is 24.3 Å². The molecule has 0 radical (unpaired) electrons. The van der Waals surface area contributed by atoms with Crippen LogP contribution in [0.5, 0.6) is 11.5 Å². The standard InChI is InChI=1S/C22H18F3NO6S/c1-12-18(31-11-17(27)28)20(21(29)30)33-19(12)14-5-3-6-15(9-14)26-10-13-4-2-7-16(8-13)32-22(23,24)25/h2-9,26H,10-11H2,1H3,(H,27,28)(H,29,30). The van der Waals surface area contributed by atoms with Crippen LogP contribution < -0.4 is 14.8 Å². The van der Waals surface area contributed by atoms with E-state index in [1.54, 1.807) is 37.3 Å². The molecule has 0 saturated carbocycles. The highest BCUT2D eigenvalue weighted by Crippen LogP contribution is 2.42. The Balaban J connectivity index is 1.80. The van der Waals surface area contributed by atoms with Crippen LogP contribution in [0.25, 0.3) is 10.4 Å². The van der Waals surface area contributed by atoms with Gasteiger partial charge in [0.1, 0.15) is 11.5 Å². The van der Waals surface area contributed by atoms with E-state index >= 15 is 0 Å². The summed E-state index contributed by atoms with van der Waals surface area (Å²) in [5, 5.41) is 21.4. The number of carboxylic acids is 2. The maximum Gasteiger partial charge on any atom is 0.573 e. The molecule has 0 spiro atoms. The second kappa shape index (κ2) is 9.82. The van der Waals surface area contributed by atoms with Gasteiger partial charge in [-0.05, 0) is 42.3 Å². The molecule has 0 saturated heterocycles. The summed E-state index contributed by atoms with van der Waals surface area (Å²) in [6.07, 6.45) is -4.78. The lowest BCUT2D eigenvalue weighted by atomic mass is 10.1. The maximum absolute atomic E-state index is 12.4. The number of carboxylic acid groups (broad SMARTS) is 2. The molecule has 0 aliphatic heterocycles. The SMILES string of the molecule is Cc1c(-c2cccc(NCc3cccc(OC(F)(F)F)c3)c2)sc(C(=O)O)c1OCC(=O)O. The fraction of sp³-hybridized carbons (Fsp3) is 0.182. The van der Waals surface area contributed by atoms with Crippen molar-refractivity contribution in [2.24, 2.45) is 0 Å². The number of anilines is 1. The minimum atomic E-state index is -4.78. The smallest absolute Gasteiger partial charge is 0.480 e. The summed E-state index contributed by atoms with van der Waals surface area (Å²) in [6, 6.07) is 12.6. The molecule has 2 aromatic carbocycles. The second-order valence-corrected chi connectivity index (χ2v) is 7.85. The molecule has 7 nitrogen and oxygen atoms in total. The molecular weight excluding hydrogens is 463 g/mol. The van der Waals surface area contributed by atoms with Crippen LogP contribution in [0.3, 0.4) is 0 Å². The summed E-state index contributed by atoms with van der Waals surface area (Å²) < 4.78 is 46.4. The van der Waals surface area contributed by atoms with Crippen molar-refractivity contribution in [3.05, 3.63) is 64.5 Å². The number of aromatic carboxylic acids is 1. The van der Waals surface area contributed by atoms with E-state index in [-0.39, 0.29) is 22.9 Å². The minimum Gasteiger partial charge on any atom is -0.480 e. The number of carbonyl (C=O) groups is 2. The number of aliphatic carboxylic acids is 1. The van der Waals surface area contributed by atoms with Crippen LogP contribution in [0.4, 0.5) is 18.9 Å². The number of benzene rings is 2. The number of rotatable bonds is 9. The van der Waals surface area contributed by atoms with E-state index in [0.717, 1.165) is 11.3 Å². The molecule has 3 N–H and O–H groups in total. The van der Waals surface area contributed by atoms with E-state index in [4.69, 9.17) is 9.84 Å². The zero-order valence-corrected chi connectivity index (χ0v) is 17.9. The molecular formula is C22H18F3NO6S. The zero-order chi connectivity index (χ0) is 24.2. The quantitative estimate of drug-likeness (QED) is 0.376. The van der Waals surface area contributed by atoms with Gasteiger partial charge < -0.3 is 25.0 Å². The van der Waals surface area contributed by atoms with E-state index in [1.807, 2.05) is 0 Å². The summed E-state index contributed by atoms with van der Waals surface area (Å²) >= 11 is 0.961. The average molecular weight is 481 g/mol. The van der Waals surface area contributed by atoms with E-state index in [9.17, 15) is 27.9 Å². The molecule has 0 unspecified atom stereocenters. The molecule has 3 rings (SSSR count). The van der Waals surface area contributed by atoms with Crippen LogP contribution >= 0.6 is 11.3 Å². The summed E-state index contributed by atoms with van der Waals surface area (Å²) in [5.41, 5.74) is 2.37. The minimum absolute atomic E-state index is 0.00439. The molecule has 3 aromatic rings. The largest absolute Gasteiger partial charge is 0.573 e. The summed E-state index contributed by atoms with van der Waals surface area (Å²) in [5.74, 6) is -2.77. The Morgan fingerprint density at radius 2 is 1.82 bits per heavy atom. The Hall–Kier alpha value is -3.73. The van der Waals surface area contributed by atoms with Crippen molar-refractivity contribution in [3.8, 4) is 21.9 Å². The molecule has 33 heavy (non-hydrogen) atoms. The number of alkyl halides is 3. The number of nitrogens with one attached hydrogen (secondary N) is 1. The molecule has 0 fully saturated rings. The Morgan fingerprint density at radius 3 is 2.48 bits per heavy atom. The Labute approximate surface area is 190 Å². The highest BCUT2D eigenvalue weighted by molar-refractivity contribution is 7.18. The first kappa shape index (κ1) is 23.9. The average Bonchev–Trinajstić information content (AvgIpc) is 3.06. The lowest BCUT2D eigenvalue weighted by Gasteiger charge is -2.12. The number of hydrogen-bond acceptors (Lipinski definition) is 6. The molecule has 11 heteroatoms. The van der Waals surface area contributed by atoms with Gasteiger partial charge >= 0.3 is 18.3 Å². The van der Waals surface area contributed by atoms with Crippen LogP contribution in [-0.2, 0) is 11.3 Å². The van der Waals surface area contributed by atoms with E-state index in [0.29, 0.717) is 27.3 Å². The number of ether oxygens (including phenoxy) is 2. The van der Waals surface area contributed by atoms with Crippen molar-refractivity contribution >= 4 is 29.0 Å². The van der Waals surface area contributed by atoms with Crippen molar-refractivity contribution < 1.29 is 42.4 Å². The Morgan fingerprint density at radius 1 is 1.09 bits per heavy atom. The maximum atomic E-state index is 12.4. The topological polar surface area (TPSA) is 105 Å². The number of halogens is 3. The molecule has 0 atom stereocenters. The van der Waals surface area contributed by atoms with Crippen molar-refractivity contribution in [2.45, 2.75) is 19.8 Å². The van der Waals surface area contributed by atoms with Gasteiger partial charge in [-0.15, -0.1) is 24.5 Å². The van der Waals surface area contributed by atoms with Gasteiger partial charge in [0.15, 0.2) is 11.5 Å². The van der Waals surface area contributed by atoms with Gasteiger partial charge in [-0.3, -0.25) is 0 Å². The molecule has 0 aliphatic carbocycles. The Bertz CT molecular complexity index is 1180. The van der Waals surface area contributed by atoms with Gasteiger partial charge in [0, 0.05) is 22.7 Å². The normalized spacial score (nSPS) is 11.2. The monoisotopic (exact) mass is 481 g/mol. The van der Waals surface area contributed by atoms with E-state index in [1.165, 1.54) is 18.2 Å². The van der Waals surface area contributed by atoms with Gasteiger partial charge in [-0.25, -0.2) is 9.59 Å². The number of hydrogen-bond donors (Lipinski definition) is 3. The first-order chi connectivity index (χ1) is 15.5. The molecule has 0 aliphatic rings. The zero-order valence-electron chi connectivity index (χ0n) is 17.1. The van der Waals surface area contributed by atoms with Crippen molar-refractivity contribution in [3.63, 3.8) is 0 Å². The highest BCUT2D eigenvalue weighted by Gasteiger charge is 2.31. The summed E-state index contributed by atoms with van der Waals surface area (Å²) in [6.45, 7) is 1.19. The predicted molar refractivity (Wildman–Crippen MR) is 115 cm³/mol. The van der Waals surface area contributed by atoms with E-state index < -0.39 is 24.9 Å². The lowest BCUT2D eigenvalue weighted by molar-refractivity contribution is -0.274. The van der Waals surface area contributed by atoms with Gasteiger partial charge in [0.05, 0.1) is 0 Å². The van der Waals surface area contributed by atoms with Gasteiger partial charge in [0.25, 0.3) is 0 Å². The van der Waals surface area contributed by atoms with Gasteiger partial charge in [-0.2, -0.15) is 0 Å². The Kier molecular flexibility index (Phi) is 7.12. The third-order valence-electron chi connectivity index (χ3n) is 4.38. The summed E-state index contributed by atoms with van der Waals surface area (Å²) in [7, 11) is 0. The van der Waals surface area contributed by atoms with Crippen LogP contribution in [0, 0.1) is 6.92 Å². The third kappa shape index (κ3) is 6.39. The fourth-order valence-electron chi connectivity index (χ4n) is 3.05. The van der Waals surface area contributed by atoms with Gasteiger partial charge in [0.2, 0.25) is 0 Å². The fourth-order valence-corrected chi connectivity index (χ4v) is 4.14. The van der Waals surface area contributed by atoms with Crippen molar-refractivity contribution in [2.75, 3.05) is 11.9 Å².